The summed E-state index contributed by atoms with van der Waals surface area (Å²) in [6.45, 7) is 1.94. The van der Waals surface area contributed by atoms with Crippen molar-refractivity contribution in [2.75, 3.05) is 10.6 Å². The maximum absolute atomic E-state index is 11.3. The number of nitrogens with zero attached hydrogens (tertiary/aromatic N) is 1. The summed E-state index contributed by atoms with van der Waals surface area (Å²) >= 11 is 0. The van der Waals surface area contributed by atoms with E-state index in [1.807, 2.05) is 6.92 Å². The SMILES string of the molecule is [B]c1cncc2c1N[C@H](C)CC(=O)N2. The molecule has 0 spiro atoms. The van der Waals surface area contributed by atoms with Crippen molar-refractivity contribution in [2.24, 2.45) is 0 Å². The molecule has 70 valence electrons. The number of hydrogen-bond acceptors (Lipinski definition) is 3. The molecule has 0 aliphatic carbocycles. The molecule has 2 radical (unpaired) electrons. The highest BCUT2D eigenvalue weighted by atomic mass is 16.1. The Labute approximate surface area is 83.5 Å². The van der Waals surface area contributed by atoms with E-state index in [1.165, 1.54) is 0 Å². The van der Waals surface area contributed by atoms with Crippen LogP contribution < -0.4 is 16.1 Å². The molecule has 1 aromatic rings. The van der Waals surface area contributed by atoms with Gasteiger partial charge in [0.25, 0.3) is 0 Å². The van der Waals surface area contributed by atoms with Crippen molar-refractivity contribution in [3.8, 4) is 0 Å². The van der Waals surface area contributed by atoms with Gasteiger partial charge in [-0.05, 0) is 6.92 Å². The van der Waals surface area contributed by atoms with E-state index in [0.717, 1.165) is 5.69 Å². The van der Waals surface area contributed by atoms with Crippen molar-refractivity contribution in [3.05, 3.63) is 12.4 Å². The summed E-state index contributed by atoms with van der Waals surface area (Å²) in [4.78, 5) is 15.3. The number of pyridine rings is 1. The van der Waals surface area contributed by atoms with Crippen LogP contribution in [0.15, 0.2) is 12.4 Å². The molecular weight excluding hydrogens is 177 g/mol. The lowest BCUT2D eigenvalue weighted by Gasteiger charge is -2.13. The molecule has 1 atom stereocenters. The lowest BCUT2D eigenvalue weighted by Crippen LogP contribution is -2.21. The largest absolute Gasteiger partial charge is 0.381 e. The zero-order chi connectivity index (χ0) is 10.1. The van der Waals surface area contributed by atoms with Crippen LogP contribution in [0.2, 0.25) is 0 Å². The number of amides is 1. The Morgan fingerprint density at radius 2 is 2.36 bits per heavy atom. The molecule has 1 aliphatic rings. The Hall–Kier alpha value is -1.52. The number of nitrogens with one attached hydrogen (secondary N) is 2. The molecule has 4 nitrogen and oxygen atoms in total. The van der Waals surface area contributed by atoms with Gasteiger partial charge in [0.1, 0.15) is 7.85 Å². The molecule has 0 bridgehead atoms. The highest BCUT2D eigenvalue weighted by Crippen LogP contribution is 2.22. The highest BCUT2D eigenvalue weighted by molar-refractivity contribution is 6.36. The molecule has 14 heavy (non-hydrogen) atoms. The average molecular weight is 187 g/mol. The van der Waals surface area contributed by atoms with Crippen molar-refractivity contribution in [2.45, 2.75) is 19.4 Å². The molecule has 2 rings (SSSR count). The predicted octanol–water partition coefficient (Wildman–Crippen LogP) is 0.0180. The molecule has 1 aliphatic heterocycles. The zero-order valence-electron chi connectivity index (χ0n) is 7.87. The van der Waals surface area contributed by atoms with E-state index < -0.39 is 0 Å². The number of fused-ring (bicyclic) bond motifs is 1. The zero-order valence-corrected chi connectivity index (χ0v) is 7.87. The van der Waals surface area contributed by atoms with Crippen LogP contribution in [0.1, 0.15) is 13.3 Å². The predicted molar refractivity (Wildman–Crippen MR) is 56.0 cm³/mol. The van der Waals surface area contributed by atoms with E-state index in [0.29, 0.717) is 17.6 Å². The number of hydrogen-bond donors (Lipinski definition) is 2. The molecule has 2 N–H and O–H groups in total. The first kappa shape index (κ1) is 9.06. The molecule has 0 fully saturated rings. The second-order valence-electron chi connectivity index (χ2n) is 3.45. The Morgan fingerprint density at radius 1 is 1.57 bits per heavy atom. The second-order valence-corrected chi connectivity index (χ2v) is 3.45. The lowest BCUT2D eigenvalue weighted by atomic mass is 9.95. The highest BCUT2D eigenvalue weighted by Gasteiger charge is 2.18. The standard InChI is InChI=1S/C9H10BN3O/c1-5-2-8(14)13-7-4-11-3-6(10)9(7)12-5/h3-5,12H,2H2,1H3,(H,13,14)/t5-/m1/s1. The van der Waals surface area contributed by atoms with Gasteiger partial charge in [0.15, 0.2) is 0 Å². The van der Waals surface area contributed by atoms with Gasteiger partial charge in [-0.3, -0.25) is 9.78 Å². The third-order valence-electron chi connectivity index (χ3n) is 2.13. The molecule has 1 amide bonds. The summed E-state index contributed by atoms with van der Waals surface area (Å²) < 4.78 is 0. The maximum Gasteiger partial charge on any atom is 0.226 e. The van der Waals surface area contributed by atoms with E-state index in [9.17, 15) is 4.79 Å². The fourth-order valence-corrected chi connectivity index (χ4v) is 1.51. The number of aromatic nitrogens is 1. The van der Waals surface area contributed by atoms with Crippen LogP contribution in [0, 0.1) is 0 Å². The first-order chi connectivity index (χ1) is 6.66. The summed E-state index contributed by atoms with van der Waals surface area (Å²) in [6, 6.07) is 0.0842. The van der Waals surface area contributed by atoms with Crippen LogP contribution in [-0.4, -0.2) is 24.8 Å². The third kappa shape index (κ3) is 1.57. The number of carbonyl (C=O) groups is 1. The van der Waals surface area contributed by atoms with Crippen molar-refractivity contribution in [1.82, 2.24) is 4.98 Å². The number of rotatable bonds is 0. The van der Waals surface area contributed by atoms with Crippen LogP contribution in [0.3, 0.4) is 0 Å². The summed E-state index contributed by atoms with van der Waals surface area (Å²) in [7, 11) is 5.74. The molecule has 0 saturated heterocycles. The van der Waals surface area contributed by atoms with Gasteiger partial charge >= 0.3 is 0 Å². The smallest absolute Gasteiger partial charge is 0.226 e. The van der Waals surface area contributed by atoms with E-state index >= 15 is 0 Å². The van der Waals surface area contributed by atoms with Crippen molar-refractivity contribution in [1.29, 1.82) is 0 Å². The minimum atomic E-state index is -0.0175. The van der Waals surface area contributed by atoms with E-state index in [2.05, 4.69) is 15.6 Å². The van der Waals surface area contributed by atoms with Gasteiger partial charge < -0.3 is 10.6 Å². The average Bonchev–Trinajstić information content (AvgIpc) is 2.23. The quantitative estimate of drug-likeness (QED) is 0.563. The minimum Gasteiger partial charge on any atom is -0.381 e. The van der Waals surface area contributed by atoms with Gasteiger partial charge in [0.2, 0.25) is 5.91 Å². The van der Waals surface area contributed by atoms with Crippen LogP contribution >= 0.6 is 0 Å². The van der Waals surface area contributed by atoms with E-state index in [1.54, 1.807) is 12.4 Å². The van der Waals surface area contributed by atoms with Gasteiger partial charge in [0, 0.05) is 18.7 Å². The molecule has 2 heterocycles. The summed E-state index contributed by atoms with van der Waals surface area (Å²) in [6.07, 6.45) is 3.60. The third-order valence-corrected chi connectivity index (χ3v) is 2.13. The topological polar surface area (TPSA) is 54.0 Å². The lowest BCUT2D eigenvalue weighted by molar-refractivity contribution is -0.116. The van der Waals surface area contributed by atoms with E-state index in [-0.39, 0.29) is 11.9 Å². The van der Waals surface area contributed by atoms with Crippen molar-refractivity contribution >= 4 is 30.6 Å². The first-order valence-corrected chi connectivity index (χ1v) is 4.46. The van der Waals surface area contributed by atoms with Gasteiger partial charge in [0.05, 0.1) is 17.6 Å². The number of carbonyl (C=O) groups excluding carboxylic acids is 1. The Balaban J connectivity index is 2.46. The molecular formula is C9H10BN3O. The van der Waals surface area contributed by atoms with Crippen LogP contribution in [0.5, 0.6) is 0 Å². The summed E-state index contributed by atoms with van der Waals surface area (Å²) in [5.74, 6) is -0.0175. The molecule has 0 aromatic carbocycles. The molecule has 1 aromatic heterocycles. The Bertz CT molecular complexity index is 380. The van der Waals surface area contributed by atoms with Crippen LogP contribution in [0.4, 0.5) is 11.4 Å². The molecule has 5 heteroatoms. The van der Waals surface area contributed by atoms with Crippen molar-refractivity contribution in [3.63, 3.8) is 0 Å². The normalized spacial score (nSPS) is 20.4. The maximum atomic E-state index is 11.3. The fraction of sp³-hybridized carbons (Fsp3) is 0.333. The van der Waals surface area contributed by atoms with Crippen LogP contribution in [0.25, 0.3) is 0 Å². The second kappa shape index (κ2) is 3.33. The van der Waals surface area contributed by atoms with Crippen LogP contribution in [-0.2, 0) is 4.79 Å². The summed E-state index contributed by atoms with van der Waals surface area (Å²) in [5.41, 5.74) is 1.97. The van der Waals surface area contributed by atoms with Gasteiger partial charge in [-0.15, -0.1) is 0 Å². The fourth-order valence-electron chi connectivity index (χ4n) is 1.51. The first-order valence-electron chi connectivity index (χ1n) is 4.46. The van der Waals surface area contributed by atoms with Crippen molar-refractivity contribution < 1.29 is 4.79 Å². The van der Waals surface area contributed by atoms with Gasteiger partial charge in [-0.2, -0.15) is 0 Å². The monoisotopic (exact) mass is 187 g/mol. The molecule has 0 saturated carbocycles. The Kier molecular flexibility index (Phi) is 2.15. The van der Waals surface area contributed by atoms with E-state index in [4.69, 9.17) is 7.85 Å². The minimum absolute atomic E-state index is 0.0175. The Morgan fingerprint density at radius 3 is 3.14 bits per heavy atom. The number of anilines is 2. The molecule has 0 unspecified atom stereocenters. The van der Waals surface area contributed by atoms with Gasteiger partial charge in [-0.1, -0.05) is 5.46 Å². The van der Waals surface area contributed by atoms with Gasteiger partial charge in [-0.25, -0.2) is 0 Å². The summed E-state index contributed by atoms with van der Waals surface area (Å²) in [5, 5.41) is 5.92.